The molecule has 0 aliphatic rings. The Balaban J connectivity index is 2.62. The summed E-state index contributed by atoms with van der Waals surface area (Å²) in [4.78, 5) is 11.7. The number of benzene rings is 1. The highest BCUT2D eigenvalue weighted by Gasteiger charge is 2.08. The first kappa shape index (κ1) is 14.8. The monoisotopic (exact) mass is 270 g/mol. The highest BCUT2D eigenvalue weighted by atomic mass is 35.5. The smallest absolute Gasteiger partial charge is 0.251 e. The van der Waals surface area contributed by atoms with Crippen molar-refractivity contribution in [3.63, 3.8) is 0 Å². The average molecular weight is 271 g/mol. The summed E-state index contributed by atoms with van der Waals surface area (Å²) in [5, 5.41) is 3.22. The number of carbonyl (C=O) groups is 1. The van der Waals surface area contributed by atoms with E-state index in [2.05, 4.69) is 5.32 Å². The normalized spacial score (nSPS) is 10.2. The van der Waals surface area contributed by atoms with Gasteiger partial charge in [0.25, 0.3) is 5.91 Å². The van der Waals surface area contributed by atoms with Gasteiger partial charge in [0.05, 0.1) is 11.6 Å². The Hall–Kier alpha value is -1.26. The van der Waals surface area contributed by atoms with Gasteiger partial charge in [-0.3, -0.25) is 4.79 Å². The minimum Gasteiger partial charge on any atom is -0.492 e. The zero-order valence-corrected chi connectivity index (χ0v) is 11.3. The van der Waals surface area contributed by atoms with Gasteiger partial charge in [-0.2, -0.15) is 0 Å². The first-order valence-electron chi connectivity index (χ1n) is 6.09. The molecule has 0 radical (unpaired) electrons. The molecule has 0 saturated heterocycles. The predicted octanol–water partition coefficient (Wildman–Crippen LogP) is 2.21. The SMILES string of the molecule is CCCOc1ccc(C(=O)NCCCN)cc1Cl. The van der Waals surface area contributed by atoms with E-state index in [0.29, 0.717) is 36.0 Å². The fourth-order valence-corrected chi connectivity index (χ4v) is 1.61. The molecule has 0 fully saturated rings. The fourth-order valence-electron chi connectivity index (χ4n) is 1.38. The Labute approximate surface area is 112 Å². The molecule has 1 aromatic carbocycles. The molecule has 4 nitrogen and oxygen atoms in total. The van der Waals surface area contributed by atoms with Gasteiger partial charge in [0.2, 0.25) is 0 Å². The van der Waals surface area contributed by atoms with Crippen molar-refractivity contribution in [2.24, 2.45) is 5.73 Å². The van der Waals surface area contributed by atoms with E-state index in [4.69, 9.17) is 22.1 Å². The predicted molar refractivity (Wildman–Crippen MR) is 73.2 cm³/mol. The molecule has 1 amide bonds. The van der Waals surface area contributed by atoms with Crippen LogP contribution in [0.25, 0.3) is 0 Å². The molecular weight excluding hydrogens is 252 g/mol. The molecule has 1 aromatic rings. The fraction of sp³-hybridized carbons (Fsp3) is 0.462. The van der Waals surface area contributed by atoms with Crippen LogP contribution < -0.4 is 15.8 Å². The number of rotatable bonds is 7. The summed E-state index contributed by atoms with van der Waals surface area (Å²) < 4.78 is 5.44. The number of nitrogens with one attached hydrogen (secondary N) is 1. The Morgan fingerprint density at radius 2 is 2.28 bits per heavy atom. The van der Waals surface area contributed by atoms with Crippen molar-refractivity contribution < 1.29 is 9.53 Å². The van der Waals surface area contributed by atoms with Gasteiger partial charge in [-0.05, 0) is 37.6 Å². The standard InChI is InChI=1S/C13H19ClN2O2/c1-2-8-18-12-5-4-10(9-11(12)14)13(17)16-7-3-6-15/h4-5,9H,2-3,6-8,15H2,1H3,(H,16,17). The van der Waals surface area contributed by atoms with Gasteiger partial charge < -0.3 is 15.8 Å². The largest absolute Gasteiger partial charge is 0.492 e. The highest BCUT2D eigenvalue weighted by Crippen LogP contribution is 2.25. The molecular formula is C13H19ClN2O2. The molecule has 0 aliphatic carbocycles. The van der Waals surface area contributed by atoms with Crippen LogP contribution in [0.15, 0.2) is 18.2 Å². The Bertz CT molecular complexity index is 397. The molecule has 0 bridgehead atoms. The molecule has 100 valence electrons. The topological polar surface area (TPSA) is 64.3 Å². The van der Waals surface area contributed by atoms with Crippen LogP contribution in [-0.2, 0) is 0 Å². The first-order valence-corrected chi connectivity index (χ1v) is 6.47. The lowest BCUT2D eigenvalue weighted by Gasteiger charge is -2.09. The molecule has 0 saturated carbocycles. The van der Waals surface area contributed by atoms with E-state index >= 15 is 0 Å². The number of carbonyl (C=O) groups excluding carboxylic acids is 1. The highest BCUT2D eigenvalue weighted by molar-refractivity contribution is 6.32. The number of amides is 1. The minimum absolute atomic E-state index is 0.146. The van der Waals surface area contributed by atoms with E-state index in [1.807, 2.05) is 6.92 Å². The maximum absolute atomic E-state index is 11.7. The van der Waals surface area contributed by atoms with E-state index < -0.39 is 0 Å². The van der Waals surface area contributed by atoms with Crippen molar-refractivity contribution in [2.45, 2.75) is 19.8 Å². The molecule has 1 rings (SSSR count). The molecule has 0 atom stereocenters. The summed E-state index contributed by atoms with van der Waals surface area (Å²) in [6, 6.07) is 5.04. The summed E-state index contributed by atoms with van der Waals surface area (Å²) in [5.74, 6) is 0.462. The van der Waals surface area contributed by atoms with Crippen molar-refractivity contribution in [3.05, 3.63) is 28.8 Å². The maximum atomic E-state index is 11.7. The van der Waals surface area contributed by atoms with Crippen LogP contribution in [0.5, 0.6) is 5.75 Å². The van der Waals surface area contributed by atoms with Gasteiger partial charge in [0, 0.05) is 12.1 Å². The Morgan fingerprint density at radius 1 is 1.50 bits per heavy atom. The number of halogens is 1. The van der Waals surface area contributed by atoms with Crippen LogP contribution in [0.1, 0.15) is 30.1 Å². The van der Waals surface area contributed by atoms with Crippen LogP contribution >= 0.6 is 11.6 Å². The number of nitrogens with two attached hydrogens (primary N) is 1. The van der Waals surface area contributed by atoms with Gasteiger partial charge in [0.15, 0.2) is 0 Å². The second-order valence-corrected chi connectivity index (χ2v) is 4.30. The van der Waals surface area contributed by atoms with Gasteiger partial charge in [0.1, 0.15) is 5.75 Å². The summed E-state index contributed by atoms with van der Waals surface area (Å²) in [6.45, 7) is 3.76. The number of hydrogen-bond donors (Lipinski definition) is 2. The molecule has 0 unspecified atom stereocenters. The lowest BCUT2D eigenvalue weighted by molar-refractivity contribution is 0.0953. The van der Waals surface area contributed by atoms with Gasteiger partial charge >= 0.3 is 0 Å². The summed E-state index contributed by atoms with van der Waals surface area (Å²) in [5.41, 5.74) is 5.88. The quantitative estimate of drug-likeness (QED) is 0.747. The van der Waals surface area contributed by atoms with Crippen molar-refractivity contribution in [3.8, 4) is 5.75 Å². The van der Waals surface area contributed by atoms with E-state index in [0.717, 1.165) is 12.8 Å². The van der Waals surface area contributed by atoms with Crippen LogP contribution in [0.3, 0.4) is 0 Å². The molecule has 0 heterocycles. The summed E-state index contributed by atoms with van der Waals surface area (Å²) >= 11 is 6.05. The summed E-state index contributed by atoms with van der Waals surface area (Å²) in [7, 11) is 0. The van der Waals surface area contributed by atoms with Gasteiger partial charge in [-0.15, -0.1) is 0 Å². The van der Waals surface area contributed by atoms with Gasteiger partial charge in [-0.25, -0.2) is 0 Å². The Kier molecular flexibility index (Phi) is 6.54. The second-order valence-electron chi connectivity index (χ2n) is 3.89. The van der Waals surface area contributed by atoms with Crippen molar-refractivity contribution in [1.82, 2.24) is 5.32 Å². The molecule has 18 heavy (non-hydrogen) atoms. The third-order valence-corrected chi connectivity index (χ3v) is 2.62. The van der Waals surface area contributed by atoms with Crippen LogP contribution in [0, 0.1) is 0 Å². The third-order valence-electron chi connectivity index (χ3n) is 2.32. The lowest BCUT2D eigenvalue weighted by Crippen LogP contribution is -2.25. The van der Waals surface area contributed by atoms with Crippen LogP contribution in [0.2, 0.25) is 5.02 Å². The molecule has 0 aromatic heterocycles. The second kappa shape index (κ2) is 7.95. The van der Waals surface area contributed by atoms with Gasteiger partial charge in [-0.1, -0.05) is 18.5 Å². The third kappa shape index (κ3) is 4.55. The molecule has 5 heteroatoms. The minimum atomic E-state index is -0.146. The van der Waals surface area contributed by atoms with Crippen LogP contribution in [-0.4, -0.2) is 25.6 Å². The van der Waals surface area contributed by atoms with Crippen molar-refractivity contribution in [2.75, 3.05) is 19.7 Å². The van der Waals surface area contributed by atoms with E-state index in [9.17, 15) is 4.79 Å². The van der Waals surface area contributed by atoms with E-state index in [1.165, 1.54) is 0 Å². The van der Waals surface area contributed by atoms with Crippen LogP contribution in [0.4, 0.5) is 0 Å². The molecule has 0 spiro atoms. The van der Waals surface area contributed by atoms with E-state index in [-0.39, 0.29) is 5.91 Å². The molecule has 0 aliphatic heterocycles. The van der Waals surface area contributed by atoms with Crippen molar-refractivity contribution in [1.29, 1.82) is 0 Å². The maximum Gasteiger partial charge on any atom is 0.251 e. The molecule has 3 N–H and O–H groups in total. The zero-order chi connectivity index (χ0) is 13.4. The Morgan fingerprint density at radius 3 is 2.89 bits per heavy atom. The number of ether oxygens (including phenoxy) is 1. The average Bonchev–Trinajstić information content (AvgIpc) is 2.37. The summed E-state index contributed by atoms with van der Waals surface area (Å²) in [6.07, 6.45) is 1.68. The first-order chi connectivity index (χ1) is 8.69. The lowest BCUT2D eigenvalue weighted by atomic mass is 10.2. The number of hydrogen-bond acceptors (Lipinski definition) is 3. The zero-order valence-electron chi connectivity index (χ0n) is 10.5. The van der Waals surface area contributed by atoms with E-state index in [1.54, 1.807) is 18.2 Å². The van der Waals surface area contributed by atoms with Crippen molar-refractivity contribution >= 4 is 17.5 Å².